The molecule has 0 saturated carbocycles. The van der Waals surface area contributed by atoms with Crippen molar-refractivity contribution in [2.75, 3.05) is 10.6 Å². The standard InChI is InChI=1S/C19H22N2O3/c1-3-17(24-16-8-6-5-7-9-16)19(23)21-15-12-10-14(11-13-15)20-18(22)4-2/h5-13,17H,3-4H2,1-2H3,(H,20,22)(H,21,23). The number of para-hydroxylation sites is 1. The smallest absolute Gasteiger partial charge is 0.265 e. The molecule has 2 amide bonds. The van der Waals surface area contributed by atoms with Gasteiger partial charge in [0, 0.05) is 17.8 Å². The van der Waals surface area contributed by atoms with Crippen LogP contribution in [0.25, 0.3) is 0 Å². The first-order valence-electron chi connectivity index (χ1n) is 8.04. The molecule has 5 nitrogen and oxygen atoms in total. The lowest BCUT2D eigenvalue weighted by atomic mass is 10.2. The minimum Gasteiger partial charge on any atom is -0.481 e. The molecule has 0 bridgehead atoms. The number of ether oxygens (including phenoxy) is 1. The first kappa shape index (κ1) is 17.5. The number of nitrogens with one attached hydrogen (secondary N) is 2. The van der Waals surface area contributed by atoms with Crippen molar-refractivity contribution in [3.63, 3.8) is 0 Å². The third kappa shape index (κ3) is 5.12. The van der Waals surface area contributed by atoms with Crippen LogP contribution in [0.15, 0.2) is 54.6 Å². The van der Waals surface area contributed by atoms with Crippen molar-refractivity contribution >= 4 is 23.2 Å². The summed E-state index contributed by atoms with van der Waals surface area (Å²) in [4.78, 5) is 23.7. The maximum atomic E-state index is 12.4. The van der Waals surface area contributed by atoms with Gasteiger partial charge in [-0.1, -0.05) is 32.0 Å². The Hall–Kier alpha value is -2.82. The van der Waals surface area contributed by atoms with E-state index in [-0.39, 0.29) is 11.8 Å². The lowest BCUT2D eigenvalue weighted by molar-refractivity contribution is -0.122. The highest BCUT2D eigenvalue weighted by molar-refractivity contribution is 5.95. The Balaban J connectivity index is 1.95. The second kappa shape index (κ2) is 8.72. The minimum absolute atomic E-state index is 0.0471. The molecule has 126 valence electrons. The second-order valence-corrected chi connectivity index (χ2v) is 5.30. The number of rotatable bonds is 7. The first-order chi connectivity index (χ1) is 11.6. The molecule has 0 aliphatic carbocycles. The number of hydrogen-bond acceptors (Lipinski definition) is 3. The predicted molar refractivity (Wildman–Crippen MR) is 95.1 cm³/mol. The molecule has 0 aliphatic heterocycles. The summed E-state index contributed by atoms with van der Waals surface area (Å²) in [6.45, 7) is 3.69. The molecule has 1 atom stereocenters. The lowest BCUT2D eigenvalue weighted by Gasteiger charge is -2.17. The Morgan fingerprint density at radius 3 is 2.04 bits per heavy atom. The summed E-state index contributed by atoms with van der Waals surface area (Å²) >= 11 is 0. The SMILES string of the molecule is CCC(=O)Nc1ccc(NC(=O)C(CC)Oc2ccccc2)cc1. The highest BCUT2D eigenvalue weighted by Gasteiger charge is 2.18. The van der Waals surface area contributed by atoms with Crippen LogP contribution in [-0.4, -0.2) is 17.9 Å². The van der Waals surface area contributed by atoms with Crippen LogP contribution >= 0.6 is 0 Å². The molecule has 2 N–H and O–H groups in total. The first-order valence-corrected chi connectivity index (χ1v) is 8.04. The molecule has 1 unspecified atom stereocenters. The largest absolute Gasteiger partial charge is 0.481 e. The van der Waals surface area contributed by atoms with Gasteiger partial charge in [0.25, 0.3) is 5.91 Å². The number of hydrogen-bond donors (Lipinski definition) is 2. The fourth-order valence-corrected chi connectivity index (χ4v) is 2.09. The summed E-state index contributed by atoms with van der Waals surface area (Å²) in [6, 6.07) is 16.3. The van der Waals surface area contributed by atoms with E-state index in [0.29, 0.717) is 30.0 Å². The van der Waals surface area contributed by atoms with Gasteiger partial charge in [0.2, 0.25) is 5.91 Å². The van der Waals surface area contributed by atoms with Gasteiger partial charge in [-0.2, -0.15) is 0 Å². The average Bonchev–Trinajstić information content (AvgIpc) is 2.62. The summed E-state index contributed by atoms with van der Waals surface area (Å²) in [5.74, 6) is 0.415. The van der Waals surface area contributed by atoms with Crippen molar-refractivity contribution in [2.24, 2.45) is 0 Å². The van der Waals surface area contributed by atoms with Gasteiger partial charge < -0.3 is 15.4 Å². The molecule has 2 rings (SSSR count). The number of benzene rings is 2. The van der Waals surface area contributed by atoms with Crippen LogP contribution in [0.3, 0.4) is 0 Å². The Labute approximate surface area is 142 Å². The molecular formula is C19H22N2O3. The topological polar surface area (TPSA) is 67.4 Å². The molecule has 0 saturated heterocycles. The van der Waals surface area contributed by atoms with Crippen LogP contribution < -0.4 is 15.4 Å². The van der Waals surface area contributed by atoms with Crippen LogP contribution in [0, 0.1) is 0 Å². The molecular weight excluding hydrogens is 304 g/mol. The zero-order valence-electron chi connectivity index (χ0n) is 13.9. The Morgan fingerprint density at radius 2 is 1.50 bits per heavy atom. The van der Waals surface area contributed by atoms with Crippen LogP contribution in [0.5, 0.6) is 5.75 Å². The van der Waals surface area contributed by atoms with Gasteiger partial charge in [-0.3, -0.25) is 9.59 Å². The fourth-order valence-electron chi connectivity index (χ4n) is 2.09. The van der Waals surface area contributed by atoms with E-state index in [0.717, 1.165) is 0 Å². The van der Waals surface area contributed by atoms with Crippen molar-refractivity contribution in [3.05, 3.63) is 54.6 Å². The van der Waals surface area contributed by atoms with Crippen molar-refractivity contribution in [2.45, 2.75) is 32.8 Å². The molecule has 0 aromatic heterocycles. The Kier molecular flexibility index (Phi) is 6.37. The van der Waals surface area contributed by atoms with Gasteiger partial charge in [-0.25, -0.2) is 0 Å². The maximum Gasteiger partial charge on any atom is 0.265 e. The van der Waals surface area contributed by atoms with E-state index in [1.807, 2.05) is 37.3 Å². The van der Waals surface area contributed by atoms with Crippen LogP contribution in [0.1, 0.15) is 26.7 Å². The summed E-state index contributed by atoms with van der Waals surface area (Å²) < 4.78 is 5.72. The van der Waals surface area contributed by atoms with Gasteiger partial charge in [0.1, 0.15) is 5.75 Å². The maximum absolute atomic E-state index is 12.4. The van der Waals surface area contributed by atoms with Gasteiger partial charge in [-0.15, -0.1) is 0 Å². The third-order valence-corrected chi connectivity index (χ3v) is 3.44. The Bertz CT molecular complexity index is 669. The number of anilines is 2. The van der Waals surface area contributed by atoms with Crippen molar-refractivity contribution in [1.29, 1.82) is 0 Å². The fraction of sp³-hybridized carbons (Fsp3) is 0.263. The number of amides is 2. The quantitative estimate of drug-likeness (QED) is 0.812. The van der Waals surface area contributed by atoms with Gasteiger partial charge in [0.05, 0.1) is 0 Å². The van der Waals surface area contributed by atoms with Crippen LogP contribution in [0.2, 0.25) is 0 Å². The minimum atomic E-state index is -0.563. The molecule has 0 aliphatic rings. The molecule has 0 fully saturated rings. The zero-order chi connectivity index (χ0) is 17.4. The van der Waals surface area contributed by atoms with E-state index >= 15 is 0 Å². The molecule has 0 radical (unpaired) electrons. The van der Waals surface area contributed by atoms with Gasteiger partial charge >= 0.3 is 0 Å². The number of carbonyl (C=O) groups excluding carboxylic acids is 2. The van der Waals surface area contributed by atoms with E-state index in [1.54, 1.807) is 31.2 Å². The number of carbonyl (C=O) groups is 2. The zero-order valence-corrected chi connectivity index (χ0v) is 13.9. The molecule has 0 spiro atoms. The van der Waals surface area contributed by atoms with Crippen LogP contribution in [-0.2, 0) is 9.59 Å². The Morgan fingerprint density at radius 1 is 0.917 bits per heavy atom. The predicted octanol–water partition coefficient (Wildman–Crippen LogP) is 3.83. The molecule has 2 aromatic rings. The van der Waals surface area contributed by atoms with Crippen molar-refractivity contribution < 1.29 is 14.3 Å². The lowest BCUT2D eigenvalue weighted by Crippen LogP contribution is -2.32. The van der Waals surface area contributed by atoms with E-state index in [2.05, 4.69) is 10.6 Å². The van der Waals surface area contributed by atoms with Crippen LogP contribution in [0.4, 0.5) is 11.4 Å². The summed E-state index contributed by atoms with van der Waals surface area (Å²) in [7, 11) is 0. The van der Waals surface area contributed by atoms with Gasteiger partial charge in [-0.05, 0) is 42.8 Å². The molecule has 24 heavy (non-hydrogen) atoms. The monoisotopic (exact) mass is 326 g/mol. The van der Waals surface area contributed by atoms with E-state index in [9.17, 15) is 9.59 Å². The molecule has 0 heterocycles. The van der Waals surface area contributed by atoms with E-state index in [1.165, 1.54) is 0 Å². The third-order valence-electron chi connectivity index (χ3n) is 3.44. The summed E-state index contributed by atoms with van der Waals surface area (Å²) in [6.07, 6.45) is 0.422. The van der Waals surface area contributed by atoms with E-state index < -0.39 is 6.10 Å². The van der Waals surface area contributed by atoms with Crippen molar-refractivity contribution in [1.82, 2.24) is 0 Å². The molecule has 2 aromatic carbocycles. The van der Waals surface area contributed by atoms with Gasteiger partial charge in [0.15, 0.2) is 6.10 Å². The highest BCUT2D eigenvalue weighted by atomic mass is 16.5. The van der Waals surface area contributed by atoms with Crippen molar-refractivity contribution in [3.8, 4) is 5.75 Å². The highest BCUT2D eigenvalue weighted by Crippen LogP contribution is 2.16. The summed E-state index contributed by atoms with van der Waals surface area (Å²) in [5.41, 5.74) is 1.36. The van der Waals surface area contributed by atoms with E-state index in [4.69, 9.17) is 4.74 Å². The summed E-state index contributed by atoms with van der Waals surface area (Å²) in [5, 5.41) is 5.59. The average molecular weight is 326 g/mol. The molecule has 5 heteroatoms. The second-order valence-electron chi connectivity index (χ2n) is 5.30. The normalized spacial score (nSPS) is 11.4.